The molecule has 0 unspecified atom stereocenters. The number of ether oxygens (including phenoxy) is 2. The first-order valence-electron chi connectivity index (χ1n) is 13.6. The van der Waals surface area contributed by atoms with Gasteiger partial charge in [-0.3, -0.25) is 4.79 Å². The molecule has 0 atom stereocenters. The van der Waals surface area contributed by atoms with Crippen molar-refractivity contribution in [3.63, 3.8) is 0 Å². The number of nitrogens with zero attached hydrogens (tertiary/aromatic N) is 5. The molecule has 0 saturated carbocycles. The second-order valence-corrected chi connectivity index (χ2v) is 16.0. The van der Waals surface area contributed by atoms with Gasteiger partial charge in [-0.05, 0) is 68.6 Å². The van der Waals surface area contributed by atoms with Crippen molar-refractivity contribution in [2.24, 2.45) is 7.05 Å². The van der Waals surface area contributed by atoms with E-state index in [-0.39, 0.29) is 17.6 Å². The van der Waals surface area contributed by atoms with Crippen LogP contribution in [0.2, 0.25) is 19.1 Å². The smallest absolute Gasteiger partial charge is 0.410 e. The number of likely N-dealkylation sites (tertiary alicyclic amines) is 1. The van der Waals surface area contributed by atoms with Crippen molar-refractivity contribution in [3.05, 3.63) is 44.7 Å². The Morgan fingerprint density at radius 3 is 2.54 bits per heavy atom. The van der Waals surface area contributed by atoms with Crippen molar-refractivity contribution in [2.75, 3.05) is 19.7 Å². The predicted molar refractivity (Wildman–Crippen MR) is 160 cm³/mol. The van der Waals surface area contributed by atoms with E-state index < -0.39 is 14.4 Å². The summed E-state index contributed by atoms with van der Waals surface area (Å²) in [5.41, 5.74) is 3.66. The highest BCUT2D eigenvalue weighted by molar-refractivity contribution is 9.10. The van der Waals surface area contributed by atoms with Gasteiger partial charge in [-0.15, -0.1) is 0 Å². The summed E-state index contributed by atoms with van der Waals surface area (Å²) in [7, 11) is 1.05. The molecule has 0 radical (unpaired) electrons. The summed E-state index contributed by atoms with van der Waals surface area (Å²) in [6.07, 6.45) is 5.01. The monoisotopic (exact) mass is 617 g/mol. The van der Waals surface area contributed by atoms with Crippen LogP contribution >= 0.6 is 15.9 Å². The Bertz CT molecular complexity index is 1380. The molecule has 0 aromatic carbocycles. The van der Waals surface area contributed by atoms with Gasteiger partial charge in [-0.2, -0.15) is 0 Å². The minimum atomic E-state index is -0.716. The van der Waals surface area contributed by atoms with Gasteiger partial charge in [-0.1, -0.05) is 13.1 Å². The number of hydrogen-bond acceptors (Lipinski definition) is 6. The Balaban J connectivity index is 1.65. The largest absolute Gasteiger partial charge is 0.444 e. The van der Waals surface area contributed by atoms with Crippen LogP contribution in [0.25, 0.3) is 22.3 Å². The van der Waals surface area contributed by atoms with Crippen LogP contribution in [0.1, 0.15) is 50.9 Å². The number of piperidine rings is 1. The third-order valence-electron chi connectivity index (χ3n) is 6.97. The number of aryl methyl sites for hydroxylation is 2. The molecule has 0 aliphatic carbocycles. The summed E-state index contributed by atoms with van der Waals surface area (Å²) in [6.45, 7) is 14.4. The van der Waals surface area contributed by atoms with Crippen molar-refractivity contribution < 1.29 is 14.3 Å². The molecule has 0 spiro atoms. The Morgan fingerprint density at radius 1 is 1.23 bits per heavy atom. The van der Waals surface area contributed by atoms with Crippen molar-refractivity contribution in [1.29, 1.82) is 0 Å². The molecule has 11 heteroatoms. The topological polar surface area (TPSA) is 91.5 Å². The Morgan fingerprint density at radius 2 is 1.92 bits per heavy atom. The first-order chi connectivity index (χ1) is 18.4. The number of carbonyl (C=O) groups excluding carboxylic acids is 1. The molecule has 3 aromatic rings. The number of halogens is 1. The first-order valence-corrected chi connectivity index (χ1v) is 17.6. The molecule has 1 saturated heterocycles. The summed E-state index contributed by atoms with van der Waals surface area (Å²) >= 11 is 3.84. The zero-order valence-electron chi connectivity index (χ0n) is 24.1. The second kappa shape index (κ2) is 11.9. The lowest BCUT2D eigenvalue weighted by Gasteiger charge is -2.32. The van der Waals surface area contributed by atoms with E-state index in [0.29, 0.717) is 32.0 Å². The fraction of sp³-hybridized carbons (Fsp3) is 0.571. The molecule has 9 nitrogen and oxygen atoms in total. The van der Waals surface area contributed by atoms with Gasteiger partial charge in [0.15, 0.2) is 0 Å². The third kappa shape index (κ3) is 6.81. The fourth-order valence-electron chi connectivity index (χ4n) is 4.84. The maximum atomic E-state index is 12.5. The number of amides is 1. The van der Waals surface area contributed by atoms with Gasteiger partial charge >= 0.3 is 6.09 Å². The van der Waals surface area contributed by atoms with Gasteiger partial charge in [-0.25, -0.2) is 14.8 Å². The van der Waals surface area contributed by atoms with Crippen LogP contribution in [0.5, 0.6) is 0 Å². The molecule has 4 rings (SSSR count). The third-order valence-corrected chi connectivity index (χ3v) is 9.11. The summed E-state index contributed by atoms with van der Waals surface area (Å²) in [5, 5.41) is 0. The standard InChI is InChI=1S/C28H40BrN5O4Si/c1-18-14-20(16-32(5)26(18)35)24-22(29)23-21(34(24)17-37-12-13-39(6)7)15-30-25(31-23)19-8-10-33(11-9-19)27(36)38-28(2,3)4/h14-16,19,39H,8-13,17H2,1-7H3. The van der Waals surface area contributed by atoms with Gasteiger partial charge in [0, 0.05) is 58.8 Å². The lowest BCUT2D eigenvalue weighted by Crippen LogP contribution is -2.41. The van der Waals surface area contributed by atoms with Crippen LogP contribution in [0, 0.1) is 6.92 Å². The molecule has 1 amide bonds. The quantitative estimate of drug-likeness (QED) is 0.259. The molecule has 4 heterocycles. The van der Waals surface area contributed by atoms with E-state index in [2.05, 4.69) is 33.6 Å². The molecule has 0 N–H and O–H groups in total. The van der Waals surface area contributed by atoms with E-state index in [4.69, 9.17) is 19.4 Å². The van der Waals surface area contributed by atoms with Crippen molar-refractivity contribution in [2.45, 2.75) is 77.9 Å². The Kier molecular flexibility index (Phi) is 9.02. The molecule has 39 heavy (non-hydrogen) atoms. The van der Waals surface area contributed by atoms with Crippen LogP contribution in [0.3, 0.4) is 0 Å². The van der Waals surface area contributed by atoms with Gasteiger partial charge in [0.25, 0.3) is 5.56 Å². The Labute approximate surface area is 240 Å². The molecule has 212 valence electrons. The molecule has 1 fully saturated rings. The summed E-state index contributed by atoms with van der Waals surface area (Å²) in [4.78, 5) is 36.5. The fourth-order valence-corrected chi connectivity index (χ4v) is 6.21. The summed E-state index contributed by atoms with van der Waals surface area (Å²) in [5.74, 6) is 0.929. The lowest BCUT2D eigenvalue weighted by molar-refractivity contribution is 0.0203. The molecular formula is C28H40BrN5O4Si. The number of aromatic nitrogens is 4. The van der Waals surface area contributed by atoms with E-state index in [1.807, 2.05) is 46.2 Å². The van der Waals surface area contributed by atoms with E-state index in [1.165, 1.54) is 0 Å². The minimum absolute atomic E-state index is 0.0181. The Hall–Kier alpha value is -2.50. The van der Waals surface area contributed by atoms with E-state index >= 15 is 0 Å². The summed E-state index contributed by atoms with van der Waals surface area (Å²) in [6, 6.07) is 3.02. The maximum Gasteiger partial charge on any atom is 0.410 e. The highest BCUT2D eigenvalue weighted by atomic mass is 79.9. The highest BCUT2D eigenvalue weighted by Crippen LogP contribution is 2.38. The second-order valence-electron chi connectivity index (χ2n) is 11.8. The van der Waals surface area contributed by atoms with Gasteiger partial charge in [0.1, 0.15) is 23.7 Å². The zero-order chi connectivity index (χ0) is 28.5. The normalized spacial score (nSPS) is 14.9. The highest BCUT2D eigenvalue weighted by Gasteiger charge is 2.29. The van der Waals surface area contributed by atoms with Crippen molar-refractivity contribution >= 4 is 41.9 Å². The molecule has 1 aliphatic heterocycles. The molecule has 0 bridgehead atoms. The molecule has 3 aromatic heterocycles. The number of hydrogen-bond donors (Lipinski definition) is 0. The van der Waals surface area contributed by atoms with Crippen LogP contribution in [-0.4, -0.2) is 64.2 Å². The van der Waals surface area contributed by atoms with Gasteiger partial charge in [0.05, 0.1) is 21.9 Å². The average Bonchev–Trinajstić information content (AvgIpc) is 3.14. The van der Waals surface area contributed by atoms with Gasteiger partial charge < -0.3 is 23.5 Å². The van der Waals surface area contributed by atoms with Crippen LogP contribution in [0.15, 0.2) is 27.7 Å². The van der Waals surface area contributed by atoms with Crippen LogP contribution < -0.4 is 5.56 Å². The number of rotatable bonds is 7. The first kappa shape index (κ1) is 29.5. The lowest BCUT2D eigenvalue weighted by atomic mass is 9.96. The predicted octanol–water partition coefficient (Wildman–Crippen LogP) is 5.44. The van der Waals surface area contributed by atoms with E-state index in [1.54, 1.807) is 16.5 Å². The number of pyridine rings is 1. The van der Waals surface area contributed by atoms with E-state index in [0.717, 1.165) is 51.5 Å². The number of fused-ring (bicyclic) bond motifs is 1. The summed E-state index contributed by atoms with van der Waals surface area (Å²) < 4.78 is 16.2. The maximum absolute atomic E-state index is 12.5. The van der Waals surface area contributed by atoms with Crippen LogP contribution in [-0.2, 0) is 23.3 Å². The van der Waals surface area contributed by atoms with Crippen molar-refractivity contribution in [1.82, 2.24) is 24.0 Å². The van der Waals surface area contributed by atoms with Crippen molar-refractivity contribution in [3.8, 4) is 11.3 Å². The SMILES string of the molecule is Cc1cc(-c2c(Br)c3nc(C4CCN(C(=O)OC(C)(C)C)CC4)ncc3n2COCC[SiH](C)C)cn(C)c1=O. The zero-order valence-corrected chi connectivity index (χ0v) is 26.8. The average molecular weight is 619 g/mol. The van der Waals surface area contributed by atoms with Crippen LogP contribution in [0.4, 0.5) is 4.79 Å². The van der Waals surface area contributed by atoms with Gasteiger partial charge in [0.2, 0.25) is 0 Å². The van der Waals surface area contributed by atoms with E-state index in [9.17, 15) is 9.59 Å². The molecule has 1 aliphatic rings. The minimum Gasteiger partial charge on any atom is -0.444 e. The number of carbonyl (C=O) groups is 1. The molecular weight excluding hydrogens is 578 g/mol.